The number of amides is 1. The van der Waals surface area contributed by atoms with Gasteiger partial charge in [0.05, 0.1) is 6.61 Å². The van der Waals surface area contributed by atoms with Crippen molar-refractivity contribution in [2.75, 3.05) is 13.2 Å². The molecule has 0 bridgehead atoms. The molecule has 0 aromatic rings. The Morgan fingerprint density at radius 2 is 2.00 bits per heavy atom. The maximum absolute atomic E-state index is 13.2. The number of hydrogen-bond donors (Lipinski definition) is 2. The molecule has 0 aromatic heterocycles. The first kappa shape index (κ1) is 16.7. The summed E-state index contributed by atoms with van der Waals surface area (Å²) in [6.45, 7) is 0.841. The summed E-state index contributed by atoms with van der Waals surface area (Å²) < 4.78 is 43.3. The number of alkyl halides is 3. The highest BCUT2D eigenvalue weighted by Gasteiger charge is 2.42. The Hall–Kier alpha value is -1.31. The van der Waals surface area contributed by atoms with Crippen molar-refractivity contribution in [1.29, 1.82) is 0 Å². The van der Waals surface area contributed by atoms with Crippen LogP contribution < -0.4 is 5.32 Å². The van der Waals surface area contributed by atoms with E-state index in [1.54, 1.807) is 0 Å². The Morgan fingerprint density at radius 3 is 2.39 bits per heavy atom. The van der Waals surface area contributed by atoms with Gasteiger partial charge in [0.1, 0.15) is 12.6 Å². The van der Waals surface area contributed by atoms with Gasteiger partial charge in [0, 0.05) is 13.3 Å². The number of hydrogen-bond acceptors (Lipinski definition) is 4. The molecular formula is C10H16F3NO4. The normalized spacial score (nSPS) is 14.8. The van der Waals surface area contributed by atoms with E-state index in [2.05, 4.69) is 4.74 Å². The first-order valence-electron chi connectivity index (χ1n) is 5.31. The lowest BCUT2D eigenvalue weighted by Crippen LogP contribution is -2.46. The van der Waals surface area contributed by atoms with Crippen LogP contribution in [0.1, 0.15) is 20.3 Å². The number of carbonyl (C=O) groups excluding carboxylic acids is 2. The Labute approximate surface area is 102 Å². The average molecular weight is 271 g/mol. The largest absolute Gasteiger partial charge is 0.464 e. The Bertz CT molecular complexity index is 299. The molecule has 0 aliphatic carbocycles. The van der Waals surface area contributed by atoms with E-state index in [1.807, 2.05) is 5.32 Å². The van der Waals surface area contributed by atoms with Gasteiger partial charge in [-0.3, -0.25) is 4.79 Å². The van der Waals surface area contributed by atoms with Crippen LogP contribution in [0.5, 0.6) is 0 Å². The van der Waals surface area contributed by atoms with Crippen LogP contribution in [0.4, 0.5) is 13.2 Å². The van der Waals surface area contributed by atoms with Crippen LogP contribution in [0.25, 0.3) is 0 Å². The number of aliphatic hydroxyl groups excluding tert-OH is 1. The van der Waals surface area contributed by atoms with Crippen LogP contribution in [0, 0.1) is 0 Å². The molecule has 0 aromatic carbocycles. The van der Waals surface area contributed by atoms with Gasteiger partial charge >= 0.3 is 11.9 Å². The van der Waals surface area contributed by atoms with Gasteiger partial charge in [-0.2, -0.15) is 0 Å². The van der Waals surface area contributed by atoms with Gasteiger partial charge in [-0.15, -0.1) is 0 Å². The molecule has 2 unspecified atom stereocenters. The van der Waals surface area contributed by atoms with Crippen molar-refractivity contribution in [2.24, 2.45) is 0 Å². The standard InChI is InChI=1S/C10H16F3NO4/c1-3-18-9(17)7(14-6(2)16)4-8(11)10(12,13)5-15/h7-8,15H,3-5H2,1-2H3,(H,14,16). The zero-order valence-corrected chi connectivity index (χ0v) is 10.1. The third-order valence-electron chi connectivity index (χ3n) is 2.06. The van der Waals surface area contributed by atoms with Gasteiger partial charge in [-0.25, -0.2) is 18.0 Å². The van der Waals surface area contributed by atoms with Crippen LogP contribution in [0.15, 0.2) is 0 Å². The van der Waals surface area contributed by atoms with E-state index in [4.69, 9.17) is 5.11 Å². The SMILES string of the molecule is CCOC(=O)C(CC(F)C(F)(F)CO)NC(C)=O. The lowest BCUT2D eigenvalue weighted by molar-refractivity contribution is -0.151. The summed E-state index contributed by atoms with van der Waals surface area (Å²) in [7, 11) is 0. The second kappa shape index (κ2) is 7.20. The van der Waals surface area contributed by atoms with Gasteiger partial charge < -0.3 is 15.2 Å². The molecule has 0 saturated heterocycles. The summed E-state index contributed by atoms with van der Waals surface area (Å²) >= 11 is 0. The minimum absolute atomic E-state index is 0.0255. The van der Waals surface area contributed by atoms with E-state index in [1.165, 1.54) is 6.92 Å². The fourth-order valence-corrected chi connectivity index (χ4v) is 1.18. The first-order valence-corrected chi connectivity index (χ1v) is 5.31. The number of esters is 1. The molecule has 0 heterocycles. The van der Waals surface area contributed by atoms with Crippen molar-refractivity contribution >= 4 is 11.9 Å². The van der Waals surface area contributed by atoms with Gasteiger partial charge in [0.2, 0.25) is 5.91 Å². The molecule has 0 fully saturated rings. The molecule has 2 atom stereocenters. The summed E-state index contributed by atoms with van der Waals surface area (Å²) in [5.41, 5.74) is 0. The van der Waals surface area contributed by atoms with E-state index in [0.29, 0.717) is 0 Å². The predicted octanol–water partition coefficient (Wildman–Crippen LogP) is 0.410. The third-order valence-corrected chi connectivity index (χ3v) is 2.06. The van der Waals surface area contributed by atoms with Crippen LogP contribution in [-0.2, 0) is 14.3 Å². The van der Waals surface area contributed by atoms with Crippen molar-refractivity contribution in [3.05, 3.63) is 0 Å². The molecule has 106 valence electrons. The number of rotatable bonds is 7. The van der Waals surface area contributed by atoms with Crippen LogP contribution >= 0.6 is 0 Å². The smallest absolute Gasteiger partial charge is 0.328 e. The molecule has 5 nitrogen and oxygen atoms in total. The third kappa shape index (κ3) is 5.35. The molecule has 0 aliphatic heterocycles. The molecule has 0 saturated carbocycles. The van der Waals surface area contributed by atoms with Crippen molar-refractivity contribution < 1.29 is 32.6 Å². The van der Waals surface area contributed by atoms with E-state index in [0.717, 1.165) is 6.92 Å². The fourth-order valence-electron chi connectivity index (χ4n) is 1.18. The van der Waals surface area contributed by atoms with Gasteiger partial charge in [-0.1, -0.05) is 0 Å². The van der Waals surface area contributed by atoms with Crippen molar-refractivity contribution in [1.82, 2.24) is 5.32 Å². The topological polar surface area (TPSA) is 75.6 Å². The zero-order valence-electron chi connectivity index (χ0n) is 10.1. The van der Waals surface area contributed by atoms with E-state index in [9.17, 15) is 22.8 Å². The second-order valence-electron chi connectivity index (χ2n) is 3.63. The molecule has 0 spiro atoms. The van der Waals surface area contributed by atoms with E-state index >= 15 is 0 Å². The lowest BCUT2D eigenvalue weighted by Gasteiger charge is -2.22. The Morgan fingerprint density at radius 1 is 1.44 bits per heavy atom. The quantitative estimate of drug-likeness (QED) is 0.658. The molecule has 1 amide bonds. The van der Waals surface area contributed by atoms with Crippen LogP contribution in [0.3, 0.4) is 0 Å². The molecular weight excluding hydrogens is 255 g/mol. The number of ether oxygens (including phenoxy) is 1. The Balaban J connectivity index is 4.68. The van der Waals surface area contributed by atoms with Crippen LogP contribution in [0.2, 0.25) is 0 Å². The average Bonchev–Trinajstić information content (AvgIpc) is 2.27. The second-order valence-corrected chi connectivity index (χ2v) is 3.63. The molecule has 18 heavy (non-hydrogen) atoms. The zero-order chi connectivity index (χ0) is 14.3. The van der Waals surface area contributed by atoms with Crippen molar-refractivity contribution in [2.45, 2.75) is 38.4 Å². The Kier molecular flexibility index (Phi) is 6.67. The number of nitrogens with one attached hydrogen (secondary N) is 1. The number of carbonyl (C=O) groups is 2. The maximum atomic E-state index is 13.2. The summed E-state index contributed by atoms with van der Waals surface area (Å²) in [6, 6.07) is -1.50. The van der Waals surface area contributed by atoms with Crippen molar-refractivity contribution in [3.8, 4) is 0 Å². The van der Waals surface area contributed by atoms with E-state index < -0.39 is 43.0 Å². The highest BCUT2D eigenvalue weighted by molar-refractivity contribution is 5.83. The fraction of sp³-hybridized carbons (Fsp3) is 0.800. The monoisotopic (exact) mass is 271 g/mol. The highest BCUT2D eigenvalue weighted by Crippen LogP contribution is 2.24. The predicted molar refractivity (Wildman–Crippen MR) is 55.8 cm³/mol. The lowest BCUT2D eigenvalue weighted by atomic mass is 10.1. The molecule has 8 heteroatoms. The molecule has 0 aliphatic rings. The molecule has 0 rings (SSSR count). The minimum atomic E-state index is -3.97. The highest BCUT2D eigenvalue weighted by atomic mass is 19.3. The molecule has 0 radical (unpaired) electrons. The first-order chi connectivity index (χ1) is 8.24. The van der Waals surface area contributed by atoms with Gasteiger partial charge in [-0.05, 0) is 6.92 Å². The number of aliphatic hydroxyl groups is 1. The van der Waals surface area contributed by atoms with E-state index in [-0.39, 0.29) is 6.61 Å². The minimum Gasteiger partial charge on any atom is -0.464 e. The van der Waals surface area contributed by atoms with Gasteiger partial charge in [0.15, 0.2) is 6.17 Å². The molecule has 2 N–H and O–H groups in total. The number of halogens is 3. The summed E-state index contributed by atoms with van der Waals surface area (Å²) in [4.78, 5) is 22.1. The van der Waals surface area contributed by atoms with Crippen molar-refractivity contribution in [3.63, 3.8) is 0 Å². The van der Waals surface area contributed by atoms with Crippen LogP contribution in [-0.4, -0.2) is 48.3 Å². The summed E-state index contributed by atoms with van der Waals surface area (Å²) in [5.74, 6) is -5.64. The summed E-state index contributed by atoms with van der Waals surface area (Å²) in [5, 5.41) is 10.3. The summed E-state index contributed by atoms with van der Waals surface area (Å²) in [6.07, 6.45) is -3.73. The van der Waals surface area contributed by atoms with Gasteiger partial charge in [0.25, 0.3) is 0 Å². The maximum Gasteiger partial charge on any atom is 0.328 e.